The maximum atomic E-state index is 12.0. The van der Waals surface area contributed by atoms with Crippen molar-refractivity contribution < 1.29 is 9.00 Å². The highest BCUT2D eigenvalue weighted by molar-refractivity contribution is 7.84. The first kappa shape index (κ1) is 16.9. The van der Waals surface area contributed by atoms with Crippen molar-refractivity contribution in [1.82, 2.24) is 10.3 Å². The summed E-state index contributed by atoms with van der Waals surface area (Å²) in [6.45, 7) is 3.32. The summed E-state index contributed by atoms with van der Waals surface area (Å²) in [4.78, 5) is 16.1. The number of hydrogen-bond donors (Lipinski definition) is 2. The molecule has 0 fully saturated rings. The average molecular weight is 318 g/mol. The fraction of sp³-hybridized carbons (Fsp3) is 0.538. The molecule has 1 heterocycles. The smallest absolute Gasteiger partial charge is 0.252 e. The molecule has 5 nitrogen and oxygen atoms in total. The minimum absolute atomic E-state index is 0.237. The molecule has 0 saturated carbocycles. The predicted molar refractivity (Wildman–Crippen MR) is 83.9 cm³/mol. The Labute approximate surface area is 127 Å². The van der Waals surface area contributed by atoms with Crippen molar-refractivity contribution in [3.63, 3.8) is 0 Å². The van der Waals surface area contributed by atoms with E-state index in [-0.39, 0.29) is 5.91 Å². The Morgan fingerprint density at radius 1 is 1.45 bits per heavy atom. The summed E-state index contributed by atoms with van der Waals surface area (Å²) in [6, 6.07) is 1.64. The van der Waals surface area contributed by atoms with Gasteiger partial charge in [-0.2, -0.15) is 0 Å². The number of nitrogens with one attached hydrogen (secondary N) is 2. The zero-order chi connectivity index (χ0) is 15.0. The molecule has 0 bridgehead atoms. The van der Waals surface area contributed by atoms with Gasteiger partial charge in [0, 0.05) is 42.1 Å². The van der Waals surface area contributed by atoms with Gasteiger partial charge in [-0.1, -0.05) is 18.5 Å². The van der Waals surface area contributed by atoms with Crippen LogP contribution in [-0.4, -0.2) is 40.2 Å². The lowest BCUT2D eigenvalue weighted by atomic mass is 10.2. The first-order valence-electron chi connectivity index (χ1n) is 6.52. The average Bonchev–Trinajstić information content (AvgIpc) is 2.42. The summed E-state index contributed by atoms with van der Waals surface area (Å²) in [5.41, 5.74) is 0.401. The third-order valence-corrected chi connectivity index (χ3v) is 3.71. The summed E-state index contributed by atoms with van der Waals surface area (Å²) in [5, 5.41) is 6.20. The highest BCUT2D eigenvalue weighted by Crippen LogP contribution is 2.17. The normalized spacial score (nSPS) is 11.9. The van der Waals surface area contributed by atoms with E-state index >= 15 is 0 Å². The van der Waals surface area contributed by atoms with Gasteiger partial charge >= 0.3 is 0 Å². The molecule has 0 aliphatic carbocycles. The Morgan fingerprint density at radius 3 is 2.85 bits per heavy atom. The maximum Gasteiger partial charge on any atom is 0.252 e. The summed E-state index contributed by atoms with van der Waals surface area (Å²) in [5.74, 6) is 0.975. The van der Waals surface area contributed by atoms with E-state index in [1.807, 2.05) is 6.92 Å². The molecule has 1 unspecified atom stereocenters. The van der Waals surface area contributed by atoms with Gasteiger partial charge in [-0.25, -0.2) is 4.98 Å². The number of nitrogens with zero attached hydrogens (tertiary/aromatic N) is 1. The topological polar surface area (TPSA) is 71.1 Å². The third kappa shape index (κ3) is 5.88. The van der Waals surface area contributed by atoms with Gasteiger partial charge < -0.3 is 10.6 Å². The van der Waals surface area contributed by atoms with Crippen molar-refractivity contribution in [2.45, 2.75) is 19.8 Å². The molecule has 0 radical (unpaired) electrons. The molecule has 0 aromatic carbocycles. The van der Waals surface area contributed by atoms with Crippen LogP contribution in [0.4, 0.5) is 5.82 Å². The largest absolute Gasteiger partial charge is 0.370 e. The van der Waals surface area contributed by atoms with Crippen molar-refractivity contribution >= 4 is 34.1 Å². The fourth-order valence-corrected chi connectivity index (χ4v) is 2.28. The van der Waals surface area contributed by atoms with E-state index < -0.39 is 10.8 Å². The number of anilines is 1. The van der Waals surface area contributed by atoms with Crippen LogP contribution in [0.5, 0.6) is 0 Å². The quantitative estimate of drug-likeness (QED) is 0.720. The Bertz CT molecular complexity index is 483. The second-order valence-electron chi connectivity index (χ2n) is 4.36. The Morgan fingerprint density at radius 2 is 2.20 bits per heavy atom. The van der Waals surface area contributed by atoms with E-state index in [0.29, 0.717) is 35.1 Å². The van der Waals surface area contributed by atoms with Gasteiger partial charge in [0.25, 0.3) is 5.91 Å². The number of halogens is 1. The van der Waals surface area contributed by atoms with Crippen LogP contribution >= 0.6 is 11.6 Å². The van der Waals surface area contributed by atoms with Crippen LogP contribution in [0.15, 0.2) is 12.3 Å². The lowest BCUT2D eigenvalue weighted by Gasteiger charge is -2.09. The molecular weight excluding hydrogens is 298 g/mol. The predicted octanol–water partition coefficient (Wildman–Crippen LogP) is 2.06. The molecule has 112 valence electrons. The van der Waals surface area contributed by atoms with Crippen molar-refractivity contribution in [3.8, 4) is 0 Å². The molecule has 1 rings (SSSR count). The van der Waals surface area contributed by atoms with Gasteiger partial charge in [0.15, 0.2) is 0 Å². The zero-order valence-corrected chi connectivity index (χ0v) is 13.3. The molecule has 0 spiro atoms. The molecule has 2 N–H and O–H groups in total. The first-order chi connectivity index (χ1) is 9.54. The summed E-state index contributed by atoms with van der Waals surface area (Å²) < 4.78 is 10.9. The van der Waals surface area contributed by atoms with Gasteiger partial charge in [-0.15, -0.1) is 0 Å². The number of pyridine rings is 1. The van der Waals surface area contributed by atoms with E-state index in [1.54, 1.807) is 12.3 Å². The third-order valence-electron chi connectivity index (χ3n) is 2.55. The van der Waals surface area contributed by atoms with E-state index in [9.17, 15) is 9.00 Å². The van der Waals surface area contributed by atoms with Crippen molar-refractivity contribution in [3.05, 3.63) is 22.8 Å². The lowest BCUT2D eigenvalue weighted by molar-refractivity contribution is 0.0954. The number of rotatable bonds is 8. The Kier molecular flexibility index (Phi) is 7.54. The van der Waals surface area contributed by atoms with Gasteiger partial charge in [-0.05, 0) is 18.9 Å². The molecule has 0 aliphatic rings. The van der Waals surface area contributed by atoms with Crippen LogP contribution in [0.2, 0.25) is 5.02 Å². The molecule has 20 heavy (non-hydrogen) atoms. The van der Waals surface area contributed by atoms with Crippen LogP contribution in [0.3, 0.4) is 0 Å². The number of hydrogen-bond acceptors (Lipinski definition) is 4. The van der Waals surface area contributed by atoms with Crippen LogP contribution in [0.1, 0.15) is 30.1 Å². The van der Waals surface area contributed by atoms with Crippen LogP contribution < -0.4 is 10.6 Å². The highest BCUT2D eigenvalue weighted by Gasteiger charge is 2.11. The van der Waals surface area contributed by atoms with Gasteiger partial charge in [0.1, 0.15) is 5.82 Å². The van der Waals surface area contributed by atoms with Gasteiger partial charge in [0.05, 0.1) is 10.6 Å². The fourth-order valence-electron chi connectivity index (χ4n) is 1.54. The molecule has 0 saturated heterocycles. The van der Waals surface area contributed by atoms with E-state index in [1.165, 1.54) is 6.20 Å². The highest BCUT2D eigenvalue weighted by atomic mass is 35.5. The Balaban J connectivity index is 2.59. The molecule has 1 amide bonds. The van der Waals surface area contributed by atoms with Gasteiger partial charge in [-0.3, -0.25) is 9.00 Å². The van der Waals surface area contributed by atoms with E-state index in [2.05, 4.69) is 15.6 Å². The van der Waals surface area contributed by atoms with Crippen molar-refractivity contribution in [1.29, 1.82) is 0 Å². The van der Waals surface area contributed by atoms with E-state index in [4.69, 9.17) is 11.6 Å². The molecule has 7 heteroatoms. The summed E-state index contributed by atoms with van der Waals surface area (Å²) >= 11 is 5.99. The number of amides is 1. The summed E-state index contributed by atoms with van der Waals surface area (Å²) in [7, 11) is -0.834. The summed E-state index contributed by atoms with van der Waals surface area (Å²) in [6.07, 6.45) is 4.77. The number of aromatic nitrogens is 1. The first-order valence-corrected chi connectivity index (χ1v) is 8.62. The Hall–Kier alpha value is -1.14. The minimum Gasteiger partial charge on any atom is -0.370 e. The molecular formula is C13H20ClN3O2S. The van der Waals surface area contributed by atoms with Gasteiger partial charge in [0.2, 0.25) is 0 Å². The zero-order valence-electron chi connectivity index (χ0n) is 11.7. The van der Waals surface area contributed by atoms with Crippen LogP contribution in [0, 0.1) is 0 Å². The molecule has 1 aromatic rings. The number of carbonyl (C=O) groups is 1. The van der Waals surface area contributed by atoms with Crippen LogP contribution in [-0.2, 0) is 10.8 Å². The van der Waals surface area contributed by atoms with Crippen molar-refractivity contribution in [2.24, 2.45) is 0 Å². The molecule has 1 atom stereocenters. The lowest BCUT2D eigenvalue weighted by Crippen LogP contribution is -2.26. The monoisotopic (exact) mass is 317 g/mol. The standard InChI is InChI=1S/C13H20ClN3O2S/c1-3-5-15-12-8-10(11(14)9-17-12)13(18)16-6-4-7-20(2)19/h8-9H,3-7H2,1-2H3,(H,15,17)(H,16,18). The van der Waals surface area contributed by atoms with E-state index in [0.717, 1.165) is 13.0 Å². The van der Waals surface area contributed by atoms with Crippen LogP contribution in [0.25, 0.3) is 0 Å². The van der Waals surface area contributed by atoms with Crippen molar-refractivity contribution in [2.75, 3.05) is 30.4 Å². The SMILES string of the molecule is CCCNc1cc(C(=O)NCCCS(C)=O)c(Cl)cn1. The second-order valence-corrected chi connectivity index (χ2v) is 6.32. The minimum atomic E-state index is -0.834. The number of carbonyl (C=O) groups excluding carboxylic acids is 1. The second kappa shape index (κ2) is 8.92. The molecule has 0 aliphatic heterocycles. The maximum absolute atomic E-state index is 12.0. The molecule has 1 aromatic heterocycles.